The molecule has 0 aliphatic heterocycles. The number of nitrogens with zero attached hydrogens (tertiary/aromatic N) is 4. The summed E-state index contributed by atoms with van der Waals surface area (Å²) in [6, 6.07) is 27.3. The first-order valence-corrected chi connectivity index (χ1v) is 10.8. The van der Waals surface area contributed by atoms with Crippen LogP contribution in [0.2, 0.25) is 0 Å². The molecule has 0 N–H and O–H groups in total. The van der Waals surface area contributed by atoms with Crippen LogP contribution in [0.5, 0.6) is 11.5 Å². The van der Waals surface area contributed by atoms with Gasteiger partial charge in [0.1, 0.15) is 22.5 Å². The molecule has 0 spiro atoms. The Morgan fingerprint density at radius 1 is 0.588 bits per heavy atom. The fourth-order valence-corrected chi connectivity index (χ4v) is 3.74. The van der Waals surface area contributed by atoms with Gasteiger partial charge in [-0.1, -0.05) is 36.4 Å². The van der Waals surface area contributed by atoms with Crippen LogP contribution in [0, 0.1) is 0 Å². The van der Waals surface area contributed by atoms with E-state index in [1.165, 1.54) is 0 Å². The molecule has 0 bridgehead atoms. The Morgan fingerprint density at radius 2 is 1.00 bits per heavy atom. The van der Waals surface area contributed by atoms with Crippen molar-refractivity contribution in [3.8, 4) is 11.5 Å². The van der Waals surface area contributed by atoms with E-state index in [1.807, 2.05) is 84.9 Å². The van der Waals surface area contributed by atoms with Crippen LogP contribution >= 0.6 is 0 Å². The molecule has 0 unspecified atom stereocenters. The Bertz CT molecular complexity index is 1400. The second-order valence-corrected chi connectivity index (χ2v) is 7.61. The summed E-state index contributed by atoms with van der Waals surface area (Å²) in [5, 5.41) is 10.9. The van der Waals surface area contributed by atoms with Gasteiger partial charge in [-0.15, -0.1) is 10.2 Å². The number of para-hydroxylation sites is 2. The third-order valence-corrected chi connectivity index (χ3v) is 5.46. The number of benzene rings is 4. The molecule has 0 aliphatic carbocycles. The maximum absolute atomic E-state index is 5.59. The van der Waals surface area contributed by atoms with E-state index >= 15 is 0 Å². The maximum Gasteiger partial charge on any atom is 0.120 e. The molecule has 4 aromatic carbocycles. The zero-order valence-electron chi connectivity index (χ0n) is 18.8. The minimum atomic E-state index is 0.707. The molecule has 34 heavy (non-hydrogen) atoms. The van der Waals surface area contributed by atoms with Crippen molar-refractivity contribution in [1.82, 2.24) is 10.2 Å². The van der Waals surface area contributed by atoms with Crippen molar-refractivity contribution in [3.63, 3.8) is 0 Å². The molecule has 0 atom stereocenters. The summed E-state index contributed by atoms with van der Waals surface area (Å²) in [5.41, 5.74) is 4.80. The monoisotopic (exact) mass is 446 g/mol. The first-order valence-electron chi connectivity index (χ1n) is 10.8. The van der Waals surface area contributed by atoms with Gasteiger partial charge in [0.05, 0.1) is 25.6 Å². The quantitative estimate of drug-likeness (QED) is 0.227. The molecule has 0 amide bonds. The fraction of sp³-hybridized carbons (Fsp3) is 0.0714. The predicted molar refractivity (Wildman–Crippen MR) is 138 cm³/mol. The summed E-state index contributed by atoms with van der Waals surface area (Å²) in [4.78, 5) is 9.20. The third-order valence-electron chi connectivity index (χ3n) is 5.46. The average molecular weight is 447 g/mol. The van der Waals surface area contributed by atoms with Crippen LogP contribution in [-0.4, -0.2) is 36.8 Å². The van der Waals surface area contributed by atoms with Gasteiger partial charge in [-0.25, -0.2) is 0 Å². The Morgan fingerprint density at radius 3 is 1.38 bits per heavy atom. The van der Waals surface area contributed by atoms with Crippen molar-refractivity contribution >= 4 is 45.6 Å². The number of aliphatic imine (C=N–C) groups is 2. The van der Waals surface area contributed by atoms with E-state index in [4.69, 9.17) is 9.47 Å². The van der Waals surface area contributed by atoms with E-state index in [2.05, 4.69) is 20.2 Å². The maximum atomic E-state index is 5.59. The molecule has 0 fully saturated rings. The first kappa shape index (κ1) is 21.3. The van der Waals surface area contributed by atoms with E-state index in [-0.39, 0.29) is 0 Å². The first-order chi connectivity index (χ1) is 16.7. The third kappa shape index (κ3) is 4.34. The van der Waals surface area contributed by atoms with Gasteiger partial charge in [0.15, 0.2) is 0 Å². The van der Waals surface area contributed by atoms with Gasteiger partial charge in [0.2, 0.25) is 0 Å². The lowest BCUT2D eigenvalue weighted by molar-refractivity contribution is 0.415. The van der Waals surface area contributed by atoms with Crippen LogP contribution in [0.4, 0.5) is 11.4 Å². The summed E-state index contributed by atoms with van der Waals surface area (Å²) in [7, 11) is 3.29. The second kappa shape index (κ2) is 9.50. The van der Waals surface area contributed by atoms with Gasteiger partial charge in [0, 0.05) is 34.3 Å². The smallest absolute Gasteiger partial charge is 0.120 e. The zero-order chi connectivity index (χ0) is 23.3. The van der Waals surface area contributed by atoms with E-state index in [0.29, 0.717) is 11.5 Å². The minimum Gasteiger partial charge on any atom is -0.497 e. The molecule has 5 aromatic rings. The lowest BCUT2D eigenvalue weighted by Crippen LogP contribution is -1.98. The van der Waals surface area contributed by atoms with Crippen LogP contribution in [0.25, 0.3) is 21.8 Å². The zero-order valence-corrected chi connectivity index (χ0v) is 18.8. The normalized spacial score (nSPS) is 11.6. The molecular formula is C28H22N4O2. The van der Waals surface area contributed by atoms with Crippen molar-refractivity contribution < 1.29 is 9.47 Å². The number of rotatable bonds is 6. The average Bonchev–Trinajstić information content (AvgIpc) is 2.91. The second-order valence-electron chi connectivity index (χ2n) is 7.61. The molecule has 1 heterocycles. The molecule has 0 aliphatic rings. The highest BCUT2D eigenvalue weighted by Gasteiger charge is 2.13. The van der Waals surface area contributed by atoms with Gasteiger partial charge in [0.25, 0.3) is 0 Å². The van der Waals surface area contributed by atoms with E-state index in [1.54, 1.807) is 26.6 Å². The molecule has 5 rings (SSSR count). The van der Waals surface area contributed by atoms with E-state index in [0.717, 1.165) is 44.3 Å². The van der Waals surface area contributed by atoms with Crippen molar-refractivity contribution in [2.24, 2.45) is 9.98 Å². The van der Waals surface area contributed by atoms with Crippen LogP contribution < -0.4 is 9.47 Å². The Kier molecular flexibility index (Phi) is 5.95. The lowest BCUT2D eigenvalue weighted by atomic mass is 10.0. The molecule has 6 nitrogen and oxygen atoms in total. The van der Waals surface area contributed by atoms with Crippen LogP contribution in [0.3, 0.4) is 0 Å². The highest BCUT2D eigenvalue weighted by molar-refractivity contribution is 6.13. The van der Waals surface area contributed by atoms with Crippen molar-refractivity contribution in [3.05, 3.63) is 96.1 Å². The van der Waals surface area contributed by atoms with Gasteiger partial charge >= 0.3 is 0 Å². The molecule has 1 aromatic heterocycles. The standard InChI is InChI=1S/C28H22N4O2/c1-33-23-13-19(17-29-21-9-5-3-6-10-21)27-25(15-23)26-16-24(34-2)14-20(28(26)32-31-27)18-30-22-11-7-4-8-12-22/h3-18H,1-2H3/b29-17+,30-18+. The van der Waals surface area contributed by atoms with Crippen LogP contribution in [0.1, 0.15) is 11.1 Å². The number of hydrogen-bond donors (Lipinski definition) is 0. The van der Waals surface area contributed by atoms with Crippen LogP contribution in [0.15, 0.2) is 94.9 Å². The van der Waals surface area contributed by atoms with Gasteiger partial charge < -0.3 is 9.47 Å². The molecule has 166 valence electrons. The van der Waals surface area contributed by atoms with E-state index in [9.17, 15) is 0 Å². The summed E-state index contributed by atoms with van der Waals surface area (Å²) in [6.07, 6.45) is 3.58. The Hall–Kier alpha value is -4.58. The summed E-state index contributed by atoms with van der Waals surface area (Å²) in [6.45, 7) is 0. The van der Waals surface area contributed by atoms with Crippen molar-refractivity contribution in [2.75, 3.05) is 14.2 Å². The Balaban J connectivity index is 1.70. The van der Waals surface area contributed by atoms with Crippen LogP contribution in [-0.2, 0) is 0 Å². The molecule has 0 saturated carbocycles. The minimum absolute atomic E-state index is 0.707. The highest BCUT2D eigenvalue weighted by atomic mass is 16.5. The molecule has 0 radical (unpaired) electrons. The van der Waals surface area contributed by atoms with Gasteiger partial charge in [-0.05, 0) is 48.5 Å². The number of ether oxygens (including phenoxy) is 2. The highest BCUT2D eigenvalue weighted by Crippen LogP contribution is 2.32. The lowest BCUT2D eigenvalue weighted by Gasteiger charge is -2.11. The topological polar surface area (TPSA) is 69.0 Å². The van der Waals surface area contributed by atoms with Gasteiger partial charge in [-0.3, -0.25) is 9.98 Å². The van der Waals surface area contributed by atoms with Gasteiger partial charge in [-0.2, -0.15) is 0 Å². The predicted octanol–water partition coefficient (Wildman–Crippen LogP) is 6.30. The van der Waals surface area contributed by atoms with Crippen molar-refractivity contribution in [2.45, 2.75) is 0 Å². The van der Waals surface area contributed by atoms with E-state index < -0.39 is 0 Å². The fourth-order valence-electron chi connectivity index (χ4n) is 3.74. The molecular weight excluding hydrogens is 424 g/mol. The largest absolute Gasteiger partial charge is 0.497 e. The molecule has 6 heteroatoms. The summed E-state index contributed by atoms with van der Waals surface area (Å²) < 4.78 is 11.2. The summed E-state index contributed by atoms with van der Waals surface area (Å²) >= 11 is 0. The van der Waals surface area contributed by atoms with Crippen molar-refractivity contribution in [1.29, 1.82) is 0 Å². The summed E-state index contributed by atoms with van der Waals surface area (Å²) in [5.74, 6) is 1.41. The Labute approximate surface area is 197 Å². The number of hydrogen-bond acceptors (Lipinski definition) is 6. The number of aromatic nitrogens is 2. The SMILES string of the molecule is COc1cc(/C=N/c2ccccc2)c2nnc3c(/C=N/c4ccccc4)cc(OC)cc3c2c1. The number of methoxy groups -OCH3 is 2. The number of fused-ring (bicyclic) bond motifs is 3. The molecule has 0 saturated heterocycles.